The molecule has 0 amide bonds. The topological polar surface area (TPSA) is 17.1 Å². The van der Waals surface area contributed by atoms with Crippen molar-refractivity contribution in [2.45, 2.75) is 20.3 Å². The van der Waals surface area contributed by atoms with E-state index in [1.54, 1.807) is 0 Å². The maximum atomic E-state index is 11.6. The number of benzene rings is 1. The first-order valence-corrected chi connectivity index (χ1v) is 5.53. The van der Waals surface area contributed by atoms with Crippen molar-refractivity contribution in [2.75, 3.05) is 5.75 Å². The summed E-state index contributed by atoms with van der Waals surface area (Å²) >= 11 is 1.37. The molecule has 2 heteroatoms. The van der Waals surface area contributed by atoms with E-state index in [9.17, 15) is 4.79 Å². The third kappa shape index (κ3) is 2.59. The van der Waals surface area contributed by atoms with Gasteiger partial charge >= 0.3 is 0 Å². The highest BCUT2D eigenvalue weighted by Gasteiger charge is 2.08. The summed E-state index contributed by atoms with van der Waals surface area (Å²) in [6.45, 7) is 4.07. The van der Waals surface area contributed by atoms with Crippen molar-refractivity contribution >= 4 is 16.9 Å². The average Bonchev–Trinajstić information content (AvgIpc) is 2.18. The third-order valence-corrected chi connectivity index (χ3v) is 2.66. The number of carbonyl (C=O) groups excluding carboxylic acids is 1. The van der Waals surface area contributed by atoms with Crippen LogP contribution in [0.2, 0.25) is 0 Å². The quantitative estimate of drug-likeness (QED) is 0.735. The first-order valence-electron chi connectivity index (χ1n) is 4.54. The van der Waals surface area contributed by atoms with Crippen LogP contribution in [0.1, 0.15) is 29.8 Å². The molecule has 0 unspecified atom stereocenters. The fourth-order valence-electron chi connectivity index (χ4n) is 1.24. The minimum absolute atomic E-state index is 0.194. The minimum atomic E-state index is 0.194. The van der Waals surface area contributed by atoms with Crippen molar-refractivity contribution in [1.29, 1.82) is 0 Å². The molecule has 0 heterocycles. The summed E-state index contributed by atoms with van der Waals surface area (Å²) in [7, 11) is 0. The number of hydrogen-bond donors (Lipinski definition) is 0. The monoisotopic (exact) mass is 194 g/mol. The summed E-state index contributed by atoms with van der Waals surface area (Å²) < 4.78 is 0. The molecular weight excluding hydrogens is 180 g/mol. The first-order chi connectivity index (χ1) is 6.29. The Labute approximate surface area is 83.5 Å². The molecule has 1 nitrogen and oxygen atoms in total. The number of rotatable bonds is 3. The Morgan fingerprint density at radius 3 is 2.62 bits per heavy atom. The molecule has 0 aliphatic carbocycles. The SMILES string of the molecule is CCSC(=O)c1ccccc1CC. The van der Waals surface area contributed by atoms with Gasteiger partial charge in [-0.2, -0.15) is 0 Å². The highest BCUT2D eigenvalue weighted by atomic mass is 32.2. The summed E-state index contributed by atoms with van der Waals surface area (Å²) in [6, 6.07) is 7.82. The molecule has 1 aromatic carbocycles. The zero-order chi connectivity index (χ0) is 9.68. The van der Waals surface area contributed by atoms with Crippen LogP contribution >= 0.6 is 11.8 Å². The van der Waals surface area contributed by atoms with E-state index in [4.69, 9.17) is 0 Å². The first kappa shape index (κ1) is 10.3. The van der Waals surface area contributed by atoms with Crippen LogP contribution in [-0.2, 0) is 6.42 Å². The molecule has 0 bridgehead atoms. The van der Waals surface area contributed by atoms with Gasteiger partial charge in [-0.3, -0.25) is 4.79 Å². The van der Waals surface area contributed by atoms with Crippen LogP contribution in [0.15, 0.2) is 24.3 Å². The molecule has 0 radical (unpaired) electrons. The molecule has 1 rings (SSSR count). The van der Waals surface area contributed by atoms with Gasteiger partial charge in [-0.15, -0.1) is 0 Å². The van der Waals surface area contributed by atoms with Gasteiger partial charge in [-0.25, -0.2) is 0 Å². The number of hydrogen-bond acceptors (Lipinski definition) is 2. The molecule has 0 saturated heterocycles. The van der Waals surface area contributed by atoms with Crippen LogP contribution in [-0.4, -0.2) is 10.9 Å². The fraction of sp³-hybridized carbons (Fsp3) is 0.364. The van der Waals surface area contributed by atoms with E-state index in [-0.39, 0.29) is 5.12 Å². The van der Waals surface area contributed by atoms with Gasteiger partial charge in [0.15, 0.2) is 0 Å². The van der Waals surface area contributed by atoms with E-state index in [2.05, 4.69) is 6.92 Å². The van der Waals surface area contributed by atoms with Gasteiger partial charge in [0.2, 0.25) is 5.12 Å². The predicted octanol–water partition coefficient (Wildman–Crippen LogP) is 3.14. The van der Waals surface area contributed by atoms with E-state index in [1.165, 1.54) is 11.8 Å². The van der Waals surface area contributed by atoms with Crippen molar-refractivity contribution in [2.24, 2.45) is 0 Å². The summed E-state index contributed by atoms with van der Waals surface area (Å²) in [5.74, 6) is 0.844. The Bertz CT molecular complexity index is 294. The molecule has 0 aromatic heterocycles. The van der Waals surface area contributed by atoms with Gasteiger partial charge in [-0.05, 0) is 17.7 Å². The van der Waals surface area contributed by atoms with E-state index in [1.807, 2.05) is 31.2 Å². The molecule has 0 aliphatic rings. The summed E-state index contributed by atoms with van der Waals surface area (Å²) in [5, 5.41) is 0.194. The lowest BCUT2D eigenvalue weighted by molar-refractivity contribution is 0.108. The van der Waals surface area contributed by atoms with Crippen molar-refractivity contribution < 1.29 is 4.79 Å². The molecule has 0 N–H and O–H groups in total. The second-order valence-corrected chi connectivity index (χ2v) is 3.97. The summed E-state index contributed by atoms with van der Waals surface area (Å²) in [6.07, 6.45) is 0.923. The number of carbonyl (C=O) groups is 1. The lowest BCUT2D eigenvalue weighted by atomic mass is 10.1. The van der Waals surface area contributed by atoms with Gasteiger partial charge in [0.25, 0.3) is 0 Å². The fourth-order valence-corrected chi connectivity index (χ4v) is 1.85. The van der Waals surface area contributed by atoms with Gasteiger partial charge in [-0.1, -0.05) is 49.9 Å². The van der Waals surface area contributed by atoms with Gasteiger partial charge in [0.05, 0.1) is 0 Å². The Morgan fingerprint density at radius 1 is 1.31 bits per heavy atom. The molecule has 0 atom stereocenters. The molecule has 1 aromatic rings. The van der Waals surface area contributed by atoms with Gasteiger partial charge < -0.3 is 0 Å². The Hall–Kier alpha value is -0.760. The van der Waals surface area contributed by atoms with Crippen molar-refractivity contribution in [3.05, 3.63) is 35.4 Å². The standard InChI is InChI=1S/C11H14OS/c1-3-9-7-5-6-8-10(9)11(12)13-4-2/h5-8H,3-4H2,1-2H3. The van der Waals surface area contributed by atoms with Crippen molar-refractivity contribution in [1.82, 2.24) is 0 Å². The van der Waals surface area contributed by atoms with Gasteiger partial charge in [0.1, 0.15) is 0 Å². The van der Waals surface area contributed by atoms with Crippen molar-refractivity contribution in [3.8, 4) is 0 Å². The van der Waals surface area contributed by atoms with Crippen LogP contribution < -0.4 is 0 Å². The second kappa shape index (κ2) is 5.07. The van der Waals surface area contributed by atoms with Crippen molar-refractivity contribution in [3.63, 3.8) is 0 Å². The number of aryl methyl sites for hydroxylation is 1. The Balaban J connectivity index is 2.92. The largest absolute Gasteiger partial charge is 0.282 e. The summed E-state index contributed by atoms with van der Waals surface area (Å²) in [4.78, 5) is 11.6. The van der Waals surface area contributed by atoms with Crippen LogP contribution in [0.5, 0.6) is 0 Å². The average molecular weight is 194 g/mol. The molecule has 0 aliphatic heterocycles. The van der Waals surface area contributed by atoms with Crippen LogP contribution in [0.3, 0.4) is 0 Å². The highest BCUT2D eigenvalue weighted by Crippen LogP contribution is 2.16. The summed E-state index contributed by atoms with van der Waals surface area (Å²) in [5.41, 5.74) is 2.02. The molecule has 0 saturated carbocycles. The molecular formula is C11H14OS. The smallest absolute Gasteiger partial charge is 0.219 e. The zero-order valence-corrected chi connectivity index (χ0v) is 8.86. The maximum Gasteiger partial charge on any atom is 0.219 e. The van der Waals surface area contributed by atoms with E-state index >= 15 is 0 Å². The van der Waals surface area contributed by atoms with Crippen LogP contribution in [0, 0.1) is 0 Å². The third-order valence-electron chi connectivity index (χ3n) is 1.89. The maximum absolute atomic E-state index is 11.6. The lowest BCUT2D eigenvalue weighted by Crippen LogP contribution is -1.98. The Kier molecular flexibility index (Phi) is 4.03. The molecule has 13 heavy (non-hydrogen) atoms. The normalized spacial score (nSPS) is 10.0. The van der Waals surface area contributed by atoms with Crippen LogP contribution in [0.25, 0.3) is 0 Å². The van der Waals surface area contributed by atoms with Gasteiger partial charge in [0, 0.05) is 5.56 Å². The zero-order valence-electron chi connectivity index (χ0n) is 8.04. The van der Waals surface area contributed by atoms with E-state index < -0.39 is 0 Å². The molecule has 0 spiro atoms. The molecule has 0 fully saturated rings. The lowest BCUT2D eigenvalue weighted by Gasteiger charge is -2.04. The highest BCUT2D eigenvalue weighted by molar-refractivity contribution is 8.14. The van der Waals surface area contributed by atoms with Crippen LogP contribution in [0.4, 0.5) is 0 Å². The Morgan fingerprint density at radius 2 is 2.00 bits per heavy atom. The minimum Gasteiger partial charge on any atom is -0.282 e. The van der Waals surface area contributed by atoms with E-state index in [0.717, 1.165) is 23.3 Å². The number of thioether (sulfide) groups is 1. The predicted molar refractivity (Wildman–Crippen MR) is 58.3 cm³/mol. The molecule has 70 valence electrons. The van der Waals surface area contributed by atoms with E-state index in [0.29, 0.717) is 0 Å². The second-order valence-electron chi connectivity index (χ2n) is 2.73.